The molecule has 1 aliphatic heterocycles. The van der Waals surface area contributed by atoms with Crippen molar-refractivity contribution in [3.05, 3.63) is 34.9 Å². The maximum Gasteiger partial charge on any atom is 0.410 e. The summed E-state index contributed by atoms with van der Waals surface area (Å²) in [6.45, 7) is 5.42. The third kappa shape index (κ3) is 2.20. The van der Waals surface area contributed by atoms with E-state index in [1.807, 2.05) is 11.8 Å². The lowest BCUT2D eigenvalue weighted by Crippen LogP contribution is -2.62. The molecular weight excluding hydrogens is 286 g/mol. The lowest BCUT2D eigenvalue weighted by Gasteiger charge is -2.58. The zero-order valence-corrected chi connectivity index (χ0v) is 14.3. The fourth-order valence-electron chi connectivity index (χ4n) is 5.55. The van der Waals surface area contributed by atoms with Gasteiger partial charge in [-0.3, -0.25) is 0 Å². The predicted octanol–water partition coefficient (Wildman–Crippen LogP) is 4.21. The average molecular weight is 313 g/mol. The van der Waals surface area contributed by atoms with Crippen molar-refractivity contribution < 1.29 is 9.53 Å². The summed E-state index contributed by atoms with van der Waals surface area (Å²) in [5.41, 5.74) is 4.74. The van der Waals surface area contributed by atoms with Gasteiger partial charge in [-0.25, -0.2) is 4.79 Å². The zero-order valence-electron chi connectivity index (χ0n) is 14.3. The van der Waals surface area contributed by atoms with E-state index in [0.717, 1.165) is 19.4 Å². The van der Waals surface area contributed by atoms with Crippen LogP contribution in [0.5, 0.6) is 0 Å². The second-order valence-electron chi connectivity index (χ2n) is 7.58. The Morgan fingerprint density at radius 1 is 1.35 bits per heavy atom. The van der Waals surface area contributed by atoms with E-state index in [4.69, 9.17) is 4.74 Å². The maximum atomic E-state index is 12.4. The van der Waals surface area contributed by atoms with Gasteiger partial charge in [-0.1, -0.05) is 36.6 Å². The number of aryl methyl sites for hydroxylation is 1. The largest absolute Gasteiger partial charge is 0.450 e. The van der Waals surface area contributed by atoms with Gasteiger partial charge in [0.05, 0.1) is 6.61 Å². The number of nitrogens with zero attached hydrogens (tertiary/aromatic N) is 1. The van der Waals surface area contributed by atoms with E-state index >= 15 is 0 Å². The van der Waals surface area contributed by atoms with E-state index in [-0.39, 0.29) is 6.09 Å². The van der Waals surface area contributed by atoms with Gasteiger partial charge in [-0.05, 0) is 56.6 Å². The normalized spacial score (nSPS) is 32.0. The highest BCUT2D eigenvalue weighted by Gasteiger charge is 2.54. The Balaban J connectivity index is 1.78. The molecule has 3 nitrogen and oxygen atoms in total. The first-order valence-corrected chi connectivity index (χ1v) is 9.19. The van der Waals surface area contributed by atoms with E-state index in [2.05, 4.69) is 25.1 Å². The minimum atomic E-state index is -0.104. The number of amides is 1. The molecular formula is C20H27NO2. The van der Waals surface area contributed by atoms with Crippen molar-refractivity contribution >= 4 is 6.09 Å². The zero-order chi connectivity index (χ0) is 16.0. The predicted molar refractivity (Wildman–Crippen MR) is 90.7 cm³/mol. The second kappa shape index (κ2) is 5.54. The summed E-state index contributed by atoms with van der Waals surface area (Å²) in [5.74, 6) is 0.615. The van der Waals surface area contributed by atoms with Gasteiger partial charge in [0.15, 0.2) is 0 Å². The van der Waals surface area contributed by atoms with Crippen LogP contribution in [-0.2, 0) is 16.6 Å². The molecule has 1 saturated carbocycles. The topological polar surface area (TPSA) is 29.5 Å². The lowest BCUT2D eigenvalue weighted by molar-refractivity contribution is -0.0109. The van der Waals surface area contributed by atoms with Crippen LogP contribution in [0.3, 0.4) is 0 Å². The van der Waals surface area contributed by atoms with Crippen LogP contribution in [0.15, 0.2) is 18.2 Å². The fourth-order valence-corrected chi connectivity index (χ4v) is 5.55. The highest BCUT2D eigenvalue weighted by molar-refractivity contribution is 5.69. The highest BCUT2D eigenvalue weighted by atomic mass is 16.6. The first kappa shape index (κ1) is 15.0. The molecule has 0 unspecified atom stereocenters. The molecule has 1 aromatic carbocycles. The number of benzene rings is 1. The first-order chi connectivity index (χ1) is 11.2. The van der Waals surface area contributed by atoms with Crippen LogP contribution in [0.1, 0.15) is 55.7 Å². The maximum absolute atomic E-state index is 12.4. The Morgan fingerprint density at radius 2 is 2.22 bits per heavy atom. The molecule has 124 valence electrons. The molecule has 4 rings (SSSR count). The van der Waals surface area contributed by atoms with Crippen molar-refractivity contribution in [3.63, 3.8) is 0 Å². The summed E-state index contributed by atoms with van der Waals surface area (Å²) >= 11 is 0. The third-order valence-electron chi connectivity index (χ3n) is 6.49. The van der Waals surface area contributed by atoms with E-state index in [9.17, 15) is 4.79 Å². The molecule has 3 atom stereocenters. The minimum Gasteiger partial charge on any atom is -0.450 e. The Labute approximate surface area is 139 Å². The fraction of sp³-hybridized carbons (Fsp3) is 0.650. The molecule has 0 aromatic heterocycles. The van der Waals surface area contributed by atoms with Gasteiger partial charge in [0, 0.05) is 18.0 Å². The van der Waals surface area contributed by atoms with Crippen LogP contribution < -0.4 is 0 Å². The van der Waals surface area contributed by atoms with Crippen LogP contribution in [0.2, 0.25) is 0 Å². The number of rotatable bonds is 1. The van der Waals surface area contributed by atoms with Crippen LogP contribution >= 0.6 is 0 Å². The van der Waals surface area contributed by atoms with Crippen molar-refractivity contribution in [1.82, 2.24) is 4.90 Å². The van der Waals surface area contributed by atoms with Crippen LogP contribution in [-0.4, -0.2) is 30.2 Å². The molecule has 1 amide bonds. The van der Waals surface area contributed by atoms with Gasteiger partial charge < -0.3 is 9.64 Å². The molecule has 3 heteroatoms. The molecule has 23 heavy (non-hydrogen) atoms. The van der Waals surface area contributed by atoms with Gasteiger partial charge in [0.2, 0.25) is 0 Å². The molecule has 1 heterocycles. The number of ether oxygens (including phenoxy) is 1. The summed E-state index contributed by atoms with van der Waals surface area (Å²) < 4.78 is 5.34. The van der Waals surface area contributed by atoms with Gasteiger partial charge in [-0.2, -0.15) is 0 Å². The Morgan fingerprint density at radius 3 is 3.04 bits per heavy atom. The van der Waals surface area contributed by atoms with E-state index < -0.39 is 0 Å². The summed E-state index contributed by atoms with van der Waals surface area (Å²) in [7, 11) is 0. The second-order valence-corrected chi connectivity index (χ2v) is 7.58. The van der Waals surface area contributed by atoms with Crippen molar-refractivity contribution in [2.24, 2.45) is 5.92 Å². The molecule has 2 bridgehead atoms. The third-order valence-corrected chi connectivity index (χ3v) is 6.49. The summed E-state index contributed by atoms with van der Waals surface area (Å²) in [6.07, 6.45) is 7.18. The van der Waals surface area contributed by atoms with Crippen LogP contribution in [0.4, 0.5) is 4.79 Å². The number of likely N-dealkylation sites (tertiary alicyclic amines) is 1. The van der Waals surface area contributed by atoms with Crippen molar-refractivity contribution in [1.29, 1.82) is 0 Å². The van der Waals surface area contributed by atoms with Crippen molar-refractivity contribution in [2.45, 2.75) is 63.8 Å². The smallest absolute Gasteiger partial charge is 0.410 e. The molecule has 3 aliphatic rings. The Bertz CT molecular complexity index is 626. The quantitative estimate of drug-likeness (QED) is 0.777. The molecule has 0 spiro atoms. The summed E-state index contributed by atoms with van der Waals surface area (Å²) in [4.78, 5) is 14.5. The minimum absolute atomic E-state index is 0.104. The average Bonchev–Trinajstić information content (AvgIpc) is 2.56. The standard InChI is InChI=1S/C20H27NO2/c1-3-23-19(22)21-11-10-20-9-5-4-6-16(20)18(21)13-15-8-7-14(2)12-17(15)20/h7-8,12,16,18H,3-6,9-11,13H2,1-2H3/t16-,18+,20+/m0/s1. The van der Waals surface area contributed by atoms with Gasteiger partial charge >= 0.3 is 6.09 Å². The lowest BCUT2D eigenvalue weighted by atomic mass is 9.52. The number of piperidine rings is 1. The van der Waals surface area contributed by atoms with Crippen LogP contribution in [0, 0.1) is 12.8 Å². The van der Waals surface area contributed by atoms with Gasteiger partial charge in [-0.15, -0.1) is 0 Å². The number of carbonyl (C=O) groups excluding carboxylic acids is 1. The van der Waals surface area contributed by atoms with Crippen molar-refractivity contribution in [3.8, 4) is 0 Å². The molecule has 0 radical (unpaired) electrons. The molecule has 1 saturated heterocycles. The number of hydrogen-bond acceptors (Lipinski definition) is 2. The Hall–Kier alpha value is -1.51. The monoisotopic (exact) mass is 313 g/mol. The van der Waals surface area contributed by atoms with E-state index in [1.165, 1.54) is 36.8 Å². The van der Waals surface area contributed by atoms with E-state index in [0.29, 0.717) is 24.0 Å². The SMILES string of the molecule is CCOC(=O)N1CC[C@]23CCCC[C@H]2[C@H]1Cc1ccc(C)cc13. The molecule has 2 aliphatic carbocycles. The molecule has 0 N–H and O–H groups in total. The molecule has 2 fully saturated rings. The summed E-state index contributed by atoms with van der Waals surface area (Å²) in [5, 5.41) is 0. The van der Waals surface area contributed by atoms with Gasteiger partial charge in [0.1, 0.15) is 0 Å². The van der Waals surface area contributed by atoms with Crippen molar-refractivity contribution in [2.75, 3.05) is 13.2 Å². The summed E-state index contributed by atoms with van der Waals surface area (Å²) in [6, 6.07) is 7.30. The first-order valence-electron chi connectivity index (χ1n) is 9.19. The van der Waals surface area contributed by atoms with Gasteiger partial charge in [0.25, 0.3) is 0 Å². The number of carbonyl (C=O) groups is 1. The van der Waals surface area contributed by atoms with E-state index in [1.54, 1.807) is 5.56 Å². The Kier molecular flexibility index (Phi) is 3.62. The van der Waals surface area contributed by atoms with Crippen LogP contribution in [0.25, 0.3) is 0 Å². The number of fused-ring (bicyclic) bond motifs is 1. The molecule has 1 aromatic rings. The highest BCUT2D eigenvalue weighted by Crippen LogP contribution is 2.55. The number of hydrogen-bond donors (Lipinski definition) is 0.